The van der Waals surface area contributed by atoms with Gasteiger partial charge in [0.1, 0.15) is 6.29 Å². The third-order valence-corrected chi connectivity index (χ3v) is 1.06. The van der Waals surface area contributed by atoms with E-state index >= 15 is 0 Å². The fourth-order valence-corrected chi connectivity index (χ4v) is 0.490. The Hall–Kier alpha value is -1.39. The van der Waals surface area contributed by atoms with Crippen molar-refractivity contribution in [2.45, 2.75) is 12.8 Å². The topological polar surface area (TPSA) is 69.7 Å². The highest BCUT2D eigenvalue weighted by atomic mass is 16.7. The molecule has 0 aliphatic rings. The Labute approximate surface area is 69.6 Å². The van der Waals surface area contributed by atoms with Crippen molar-refractivity contribution in [1.29, 1.82) is 0 Å². The van der Waals surface area contributed by atoms with Crippen molar-refractivity contribution >= 4 is 18.2 Å². The average molecular weight is 174 g/mol. The highest BCUT2D eigenvalue weighted by Crippen LogP contribution is 1.90. The van der Waals surface area contributed by atoms with Crippen LogP contribution in [0.3, 0.4) is 0 Å². The van der Waals surface area contributed by atoms with Crippen molar-refractivity contribution in [3.8, 4) is 0 Å². The number of hydrogen-bond acceptors (Lipinski definition) is 5. The van der Waals surface area contributed by atoms with Gasteiger partial charge in [-0.15, -0.1) is 0 Å². The van der Waals surface area contributed by atoms with Crippen molar-refractivity contribution in [1.82, 2.24) is 0 Å². The Kier molecular flexibility index (Phi) is 5.60. The molecule has 0 N–H and O–H groups in total. The van der Waals surface area contributed by atoms with Crippen molar-refractivity contribution < 1.29 is 23.9 Å². The van der Waals surface area contributed by atoms with Crippen LogP contribution in [0.25, 0.3) is 0 Å². The van der Waals surface area contributed by atoms with Crippen LogP contribution in [0, 0.1) is 0 Å². The molecule has 0 amide bonds. The molecule has 0 atom stereocenters. The predicted octanol–water partition coefficient (Wildman–Crippen LogP) is 0.318. The minimum atomic E-state index is -0.894. The van der Waals surface area contributed by atoms with E-state index in [0.29, 0.717) is 6.29 Å². The summed E-state index contributed by atoms with van der Waals surface area (Å²) in [5.74, 6) is -0.299. The summed E-state index contributed by atoms with van der Waals surface area (Å²) in [5, 5.41) is 0. The molecule has 0 saturated carbocycles. The number of ether oxygens (including phenoxy) is 2. The zero-order chi connectivity index (χ0) is 9.40. The van der Waals surface area contributed by atoms with Crippen LogP contribution < -0.4 is 0 Å². The lowest BCUT2D eigenvalue weighted by Gasteiger charge is -1.99. The van der Waals surface area contributed by atoms with Gasteiger partial charge in [0.05, 0.1) is 7.11 Å². The summed E-state index contributed by atoms with van der Waals surface area (Å²) in [7, 11) is 1.15. The number of Topliss-reactive ketones (excluding diaryl/α,β-unsaturated/α-hetero) is 1. The molecule has 0 aliphatic heterocycles. The van der Waals surface area contributed by atoms with E-state index < -0.39 is 6.16 Å². The molecule has 0 aromatic heterocycles. The van der Waals surface area contributed by atoms with Crippen molar-refractivity contribution in [3.05, 3.63) is 0 Å². The van der Waals surface area contributed by atoms with Gasteiger partial charge in [-0.25, -0.2) is 4.79 Å². The Morgan fingerprint density at radius 2 is 2.08 bits per heavy atom. The maximum absolute atomic E-state index is 10.7. The molecular weight excluding hydrogens is 164 g/mol. The molecular formula is C7H10O5. The molecule has 0 aliphatic carbocycles. The van der Waals surface area contributed by atoms with E-state index in [9.17, 15) is 14.4 Å². The zero-order valence-electron chi connectivity index (χ0n) is 6.74. The number of carbonyl (C=O) groups is 3. The average Bonchev–Trinajstić information content (AvgIpc) is 2.10. The summed E-state index contributed by atoms with van der Waals surface area (Å²) >= 11 is 0. The second-order valence-electron chi connectivity index (χ2n) is 1.99. The quantitative estimate of drug-likeness (QED) is 0.443. The van der Waals surface area contributed by atoms with Gasteiger partial charge in [0.2, 0.25) is 0 Å². The van der Waals surface area contributed by atoms with Crippen LogP contribution in [0.2, 0.25) is 0 Å². The lowest BCUT2D eigenvalue weighted by Crippen LogP contribution is -2.13. The highest BCUT2D eigenvalue weighted by molar-refractivity contribution is 5.82. The molecule has 0 rings (SSSR count). The molecule has 68 valence electrons. The Balaban J connectivity index is 3.43. The fourth-order valence-electron chi connectivity index (χ4n) is 0.490. The minimum absolute atomic E-state index is 0.0977. The summed E-state index contributed by atoms with van der Waals surface area (Å²) < 4.78 is 8.45. The van der Waals surface area contributed by atoms with E-state index in [1.165, 1.54) is 0 Å². The molecule has 0 saturated heterocycles. The van der Waals surface area contributed by atoms with Crippen LogP contribution in [0.15, 0.2) is 0 Å². The van der Waals surface area contributed by atoms with E-state index in [-0.39, 0.29) is 25.2 Å². The smallest absolute Gasteiger partial charge is 0.438 e. The molecule has 5 nitrogen and oxygen atoms in total. The molecule has 0 unspecified atom stereocenters. The van der Waals surface area contributed by atoms with Crippen LogP contribution in [0.5, 0.6) is 0 Å². The second kappa shape index (κ2) is 6.33. The Morgan fingerprint density at radius 3 is 2.58 bits per heavy atom. The number of rotatable bonds is 5. The van der Waals surface area contributed by atoms with Gasteiger partial charge < -0.3 is 14.3 Å². The summed E-state index contributed by atoms with van der Waals surface area (Å²) in [6.07, 6.45) is -0.00523. The van der Waals surface area contributed by atoms with E-state index in [1.54, 1.807) is 0 Å². The molecule has 0 radical (unpaired) electrons. The van der Waals surface area contributed by atoms with E-state index in [1.807, 2.05) is 0 Å². The van der Waals surface area contributed by atoms with Crippen molar-refractivity contribution in [3.63, 3.8) is 0 Å². The number of hydrogen-bond donors (Lipinski definition) is 0. The normalized spacial score (nSPS) is 8.75. The van der Waals surface area contributed by atoms with E-state index in [0.717, 1.165) is 7.11 Å². The first-order valence-corrected chi connectivity index (χ1v) is 3.36. The zero-order valence-corrected chi connectivity index (χ0v) is 6.74. The lowest BCUT2D eigenvalue weighted by molar-refractivity contribution is -0.123. The molecule has 0 bridgehead atoms. The molecule has 0 spiro atoms. The van der Waals surface area contributed by atoms with Crippen molar-refractivity contribution in [2.75, 3.05) is 13.7 Å². The molecule has 0 aromatic rings. The van der Waals surface area contributed by atoms with Gasteiger partial charge in [0.25, 0.3) is 0 Å². The highest BCUT2D eigenvalue weighted by Gasteiger charge is 2.05. The van der Waals surface area contributed by atoms with Crippen LogP contribution in [0.4, 0.5) is 4.79 Å². The number of aldehydes is 1. The third kappa shape index (κ3) is 5.40. The fraction of sp³-hybridized carbons (Fsp3) is 0.571. The summed E-state index contributed by atoms with van der Waals surface area (Å²) in [4.78, 5) is 30.9. The van der Waals surface area contributed by atoms with Gasteiger partial charge in [-0.05, 0) is 0 Å². The van der Waals surface area contributed by atoms with Crippen LogP contribution in [-0.4, -0.2) is 31.9 Å². The lowest BCUT2D eigenvalue weighted by atomic mass is 10.2. The molecule has 0 fully saturated rings. The van der Waals surface area contributed by atoms with Crippen molar-refractivity contribution in [2.24, 2.45) is 0 Å². The largest absolute Gasteiger partial charge is 0.508 e. The van der Waals surface area contributed by atoms with Gasteiger partial charge in [-0.3, -0.25) is 4.79 Å². The van der Waals surface area contributed by atoms with Crippen LogP contribution in [-0.2, 0) is 19.1 Å². The minimum Gasteiger partial charge on any atom is -0.438 e. The van der Waals surface area contributed by atoms with Gasteiger partial charge in [0.15, 0.2) is 12.4 Å². The maximum atomic E-state index is 10.7. The summed E-state index contributed by atoms with van der Waals surface area (Å²) in [6.45, 7) is -0.333. The summed E-state index contributed by atoms with van der Waals surface area (Å²) in [6, 6.07) is 0. The predicted molar refractivity (Wildman–Crippen MR) is 38.7 cm³/mol. The molecule has 12 heavy (non-hydrogen) atoms. The van der Waals surface area contributed by atoms with Gasteiger partial charge >= 0.3 is 6.16 Å². The number of methoxy groups -OCH3 is 1. The third-order valence-electron chi connectivity index (χ3n) is 1.06. The van der Waals surface area contributed by atoms with E-state index in [4.69, 9.17) is 0 Å². The number of ketones is 1. The first-order chi connectivity index (χ1) is 5.70. The van der Waals surface area contributed by atoms with Crippen LogP contribution in [0.1, 0.15) is 12.8 Å². The standard InChI is InChI=1S/C7H10O5/c1-11-7(10)12-5-6(9)3-2-4-8/h4H,2-3,5H2,1H3. The summed E-state index contributed by atoms with van der Waals surface area (Å²) in [5.41, 5.74) is 0. The second-order valence-corrected chi connectivity index (χ2v) is 1.99. The first-order valence-electron chi connectivity index (χ1n) is 3.36. The molecule has 5 heteroatoms. The van der Waals surface area contributed by atoms with Crippen LogP contribution >= 0.6 is 0 Å². The van der Waals surface area contributed by atoms with Gasteiger partial charge in [-0.2, -0.15) is 0 Å². The first kappa shape index (κ1) is 10.6. The van der Waals surface area contributed by atoms with Gasteiger partial charge in [-0.1, -0.05) is 0 Å². The Morgan fingerprint density at radius 1 is 1.42 bits per heavy atom. The number of carbonyl (C=O) groups excluding carboxylic acids is 3. The van der Waals surface area contributed by atoms with Gasteiger partial charge in [0, 0.05) is 12.8 Å². The molecule has 0 heterocycles. The molecule has 0 aromatic carbocycles. The maximum Gasteiger partial charge on any atom is 0.508 e. The SMILES string of the molecule is COC(=O)OCC(=O)CCC=O. The monoisotopic (exact) mass is 174 g/mol. The van der Waals surface area contributed by atoms with E-state index in [2.05, 4.69) is 9.47 Å². The Bertz CT molecular complexity index is 175.